The third kappa shape index (κ3) is 7.52. The van der Waals surface area contributed by atoms with Gasteiger partial charge in [-0.2, -0.15) is 0 Å². The number of benzene rings is 2. The normalized spacial score (nSPS) is 13.5. The topological polar surface area (TPSA) is 75.6 Å². The van der Waals surface area contributed by atoms with Crippen molar-refractivity contribution < 1.29 is 19.4 Å². The lowest BCUT2D eigenvalue weighted by Crippen LogP contribution is -2.29. The van der Waals surface area contributed by atoms with Crippen LogP contribution >= 0.6 is 22.6 Å². The van der Waals surface area contributed by atoms with Crippen LogP contribution in [0.3, 0.4) is 0 Å². The van der Waals surface area contributed by atoms with Crippen LogP contribution < -0.4 is 10.1 Å². The standard InChI is InChI=1S/C25H32INO4/c1-17(2)16-25(26,31-21-12-10-19(11-13-21)24(3,4)5)20-8-6-18(7-9-20)23(30)27-15-14-22(28)29/h6-13,17H,14-16H2,1-5H3,(H,27,30)(H,28,29). The zero-order chi connectivity index (χ0) is 23.2. The minimum atomic E-state index is -0.938. The Morgan fingerprint density at radius 2 is 1.55 bits per heavy atom. The van der Waals surface area contributed by atoms with Crippen LogP contribution in [0.1, 0.15) is 68.9 Å². The van der Waals surface area contributed by atoms with Gasteiger partial charge in [0, 0.05) is 24.1 Å². The molecule has 0 aliphatic rings. The summed E-state index contributed by atoms with van der Waals surface area (Å²) in [6.45, 7) is 11.0. The molecule has 0 saturated heterocycles. The van der Waals surface area contributed by atoms with Gasteiger partial charge in [-0.15, -0.1) is 0 Å². The van der Waals surface area contributed by atoms with Gasteiger partial charge < -0.3 is 15.2 Å². The quantitative estimate of drug-likeness (QED) is 0.309. The Labute approximate surface area is 198 Å². The lowest BCUT2D eigenvalue weighted by molar-refractivity contribution is -0.136. The van der Waals surface area contributed by atoms with Crippen LogP contribution in [0, 0.1) is 5.92 Å². The lowest BCUT2D eigenvalue weighted by atomic mass is 9.87. The fourth-order valence-corrected chi connectivity index (χ4v) is 4.70. The van der Waals surface area contributed by atoms with Crippen molar-refractivity contribution in [1.29, 1.82) is 0 Å². The summed E-state index contributed by atoms with van der Waals surface area (Å²) in [4.78, 5) is 22.8. The molecule has 0 aliphatic carbocycles. The number of carboxylic acid groups (broad SMARTS) is 1. The first-order valence-electron chi connectivity index (χ1n) is 10.5. The van der Waals surface area contributed by atoms with Gasteiger partial charge in [0.2, 0.25) is 0 Å². The van der Waals surface area contributed by atoms with Crippen LogP contribution in [0.5, 0.6) is 5.75 Å². The second-order valence-corrected chi connectivity index (χ2v) is 10.9. The number of halogens is 1. The number of carbonyl (C=O) groups is 2. The van der Waals surface area contributed by atoms with E-state index in [1.165, 1.54) is 5.56 Å². The second-order valence-electron chi connectivity index (χ2n) is 9.18. The number of nitrogens with one attached hydrogen (secondary N) is 1. The average Bonchev–Trinajstić information content (AvgIpc) is 2.66. The molecule has 0 heterocycles. The van der Waals surface area contributed by atoms with E-state index < -0.39 is 9.58 Å². The highest BCUT2D eigenvalue weighted by Gasteiger charge is 2.32. The minimum Gasteiger partial charge on any atom is -0.481 e. The van der Waals surface area contributed by atoms with Crippen molar-refractivity contribution in [2.45, 2.75) is 56.5 Å². The molecule has 5 nitrogen and oxygen atoms in total. The Balaban J connectivity index is 2.20. The summed E-state index contributed by atoms with van der Waals surface area (Å²) in [5.41, 5.74) is 2.80. The molecule has 0 bridgehead atoms. The number of ether oxygens (including phenoxy) is 1. The van der Waals surface area contributed by atoms with Gasteiger partial charge in [0.1, 0.15) is 5.75 Å². The van der Waals surface area contributed by atoms with Crippen molar-refractivity contribution in [2.24, 2.45) is 5.92 Å². The molecule has 0 saturated carbocycles. The van der Waals surface area contributed by atoms with E-state index in [-0.39, 0.29) is 24.3 Å². The number of hydrogen-bond donors (Lipinski definition) is 2. The van der Waals surface area contributed by atoms with Crippen molar-refractivity contribution in [3.05, 3.63) is 65.2 Å². The van der Waals surface area contributed by atoms with Gasteiger partial charge >= 0.3 is 5.97 Å². The molecule has 2 aromatic carbocycles. The Bertz CT molecular complexity index is 885. The average molecular weight is 537 g/mol. The molecule has 2 aromatic rings. The third-order valence-electron chi connectivity index (χ3n) is 4.87. The number of aliphatic carboxylic acids is 1. The maximum absolute atomic E-state index is 12.2. The molecular formula is C25H32INO4. The molecule has 2 N–H and O–H groups in total. The van der Waals surface area contributed by atoms with Crippen LogP contribution in [0.2, 0.25) is 0 Å². The molecule has 0 aliphatic heterocycles. The summed E-state index contributed by atoms with van der Waals surface area (Å²) in [5, 5.41) is 11.3. The highest BCUT2D eigenvalue weighted by atomic mass is 127. The molecule has 0 fully saturated rings. The van der Waals surface area contributed by atoms with Crippen LogP contribution in [0.25, 0.3) is 0 Å². The predicted molar refractivity (Wildman–Crippen MR) is 132 cm³/mol. The van der Waals surface area contributed by atoms with E-state index in [1.807, 2.05) is 24.3 Å². The lowest BCUT2D eigenvalue weighted by Gasteiger charge is -2.31. The van der Waals surface area contributed by atoms with Gasteiger partial charge in [0.25, 0.3) is 5.91 Å². The Morgan fingerprint density at radius 1 is 1.00 bits per heavy atom. The van der Waals surface area contributed by atoms with E-state index in [0.717, 1.165) is 17.7 Å². The van der Waals surface area contributed by atoms with Crippen LogP contribution in [0.4, 0.5) is 0 Å². The van der Waals surface area contributed by atoms with E-state index in [4.69, 9.17) is 9.84 Å². The van der Waals surface area contributed by atoms with E-state index in [1.54, 1.807) is 12.1 Å². The maximum atomic E-state index is 12.2. The largest absolute Gasteiger partial charge is 0.481 e. The van der Waals surface area contributed by atoms with E-state index in [2.05, 4.69) is 74.7 Å². The molecule has 1 atom stereocenters. The van der Waals surface area contributed by atoms with Crippen molar-refractivity contribution in [1.82, 2.24) is 5.32 Å². The van der Waals surface area contributed by atoms with E-state index >= 15 is 0 Å². The van der Waals surface area contributed by atoms with Crippen molar-refractivity contribution in [2.75, 3.05) is 6.54 Å². The maximum Gasteiger partial charge on any atom is 0.305 e. The van der Waals surface area contributed by atoms with Gasteiger partial charge in [0.15, 0.2) is 3.61 Å². The second kappa shape index (κ2) is 10.5. The van der Waals surface area contributed by atoms with Gasteiger partial charge in [-0.1, -0.05) is 58.9 Å². The van der Waals surface area contributed by atoms with Crippen LogP contribution in [-0.4, -0.2) is 23.5 Å². The number of alkyl halides is 1. The minimum absolute atomic E-state index is 0.0821. The highest BCUT2D eigenvalue weighted by Crippen LogP contribution is 2.41. The van der Waals surface area contributed by atoms with Gasteiger partial charge in [-0.3, -0.25) is 9.59 Å². The SMILES string of the molecule is CC(C)CC(I)(Oc1ccc(C(C)(C)C)cc1)c1ccc(C(=O)NCCC(=O)O)cc1. The fourth-order valence-electron chi connectivity index (χ4n) is 3.21. The molecule has 1 amide bonds. The van der Waals surface area contributed by atoms with E-state index in [9.17, 15) is 9.59 Å². The zero-order valence-corrected chi connectivity index (χ0v) is 21.0. The Kier molecular flexibility index (Phi) is 8.51. The summed E-state index contributed by atoms with van der Waals surface area (Å²) in [5.74, 6) is -0.00982. The summed E-state index contributed by atoms with van der Waals surface area (Å²) < 4.78 is 5.90. The first-order valence-corrected chi connectivity index (χ1v) is 11.6. The number of carbonyl (C=O) groups excluding carboxylic acids is 1. The molecule has 6 heteroatoms. The van der Waals surface area contributed by atoms with Crippen molar-refractivity contribution >= 4 is 34.5 Å². The molecule has 168 valence electrons. The number of amides is 1. The molecule has 1 unspecified atom stereocenters. The van der Waals surface area contributed by atoms with E-state index in [0.29, 0.717) is 11.5 Å². The molecule has 0 radical (unpaired) electrons. The van der Waals surface area contributed by atoms with Gasteiger partial charge in [-0.25, -0.2) is 0 Å². The van der Waals surface area contributed by atoms with Crippen molar-refractivity contribution in [3.63, 3.8) is 0 Å². The van der Waals surface area contributed by atoms with Gasteiger partial charge in [-0.05, 0) is 63.8 Å². The van der Waals surface area contributed by atoms with Gasteiger partial charge in [0.05, 0.1) is 6.42 Å². The van der Waals surface area contributed by atoms with Crippen molar-refractivity contribution in [3.8, 4) is 5.75 Å². The molecular weight excluding hydrogens is 505 g/mol. The highest BCUT2D eigenvalue weighted by molar-refractivity contribution is 14.1. The number of carboxylic acids is 1. The summed E-state index contributed by atoms with van der Waals surface area (Å²) >= 11 is 2.36. The molecule has 2 rings (SSSR count). The molecule has 0 aromatic heterocycles. The van der Waals surface area contributed by atoms with Crippen LogP contribution in [0.15, 0.2) is 48.5 Å². The fraction of sp³-hybridized carbons (Fsp3) is 0.440. The zero-order valence-electron chi connectivity index (χ0n) is 18.9. The summed E-state index contributed by atoms with van der Waals surface area (Å²) in [6, 6.07) is 15.6. The smallest absolute Gasteiger partial charge is 0.305 e. The first kappa shape index (κ1) is 25.2. The first-order chi connectivity index (χ1) is 14.4. The third-order valence-corrected chi connectivity index (χ3v) is 6.16. The Hall–Kier alpha value is -2.09. The summed E-state index contributed by atoms with van der Waals surface area (Å²) in [6.07, 6.45) is 0.704. The number of rotatable bonds is 9. The van der Waals surface area contributed by atoms with Crippen LogP contribution in [-0.2, 0) is 13.8 Å². The monoisotopic (exact) mass is 537 g/mol. The summed E-state index contributed by atoms with van der Waals surface area (Å²) in [7, 11) is 0. The molecule has 0 spiro atoms. The number of hydrogen-bond acceptors (Lipinski definition) is 3. The predicted octanol–water partition coefficient (Wildman–Crippen LogP) is 5.90. The molecule has 31 heavy (non-hydrogen) atoms. The Morgan fingerprint density at radius 3 is 2.03 bits per heavy atom.